The highest BCUT2D eigenvalue weighted by atomic mass is 16.5. The first-order chi connectivity index (χ1) is 7.33. The molecular formula is C12H26N2O. The maximum Gasteiger partial charge on any atom is 0.0468 e. The zero-order valence-electron chi connectivity index (χ0n) is 10.3. The van der Waals surface area contributed by atoms with Gasteiger partial charge in [0.05, 0.1) is 0 Å². The SMILES string of the molecule is CCCNCCNCC1(CCOC)CC1. The summed E-state index contributed by atoms with van der Waals surface area (Å²) < 4.78 is 5.14. The van der Waals surface area contributed by atoms with Gasteiger partial charge in [-0.3, -0.25) is 0 Å². The van der Waals surface area contributed by atoms with Crippen molar-refractivity contribution >= 4 is 0 Å². The summed E-state index contributed by atoms with van der Waals surface area (Å²) in [6.07, 6.45) is 5.20. The van der Waals surface area contributed by atoms with Crippen molar-refractivity contribution in [2.75, 3.05) is 39.9 Å². The summed E-state index contributed by atoms with van der Waals surface area (Å²) in [5.74, 6) is 0. The number of nitrogens with one attached hydrogen (secondary N) is 2. The first-order valence-electron chi connectivity index (χ1n) is 6.23. The van der Waals surface area contributed by atoms with E-state index in [9.17, 15) is 0 Å². The van der Waals surface area contributed by atoms with Crippen LogP contribution in [0.3, 0.4) is 0 Å². The topological polar surface area (TPSA) is 33.3 Å². The minimum absolute atomic E-state index is 0.584. The summed E-state index contributed by atoms with van der Waals surface area (Å²) in [5, 5.41) is 6.94. The molecule has 0 unspecified atom stereocenters. The molecule has 0 radical (unpaired) electrons. The Labute approximate surface area is 94.0 Å². The number of hydrogen-bond donors (Lipinski definition) is 2. The Morgan fingerprint density at radius 2 is 1.87 bits per heavy atom. The molecule has 3 heteroatoms. The summed E-state index contributed by atoms with van der Waals surface area (Å²) in [5.41, 5.74) is 0.584. The highest BCUT2D eigenvalue weighted by Gasteiger charge is 2.41. The van der Waals surface area contributed by atoms with Gasteiger partial charge in [-0.25, -0.2) is 0 Å². The van der Waals surface area contributed by atoms with Crippen LogP contribution < -0.4 is 10.6 Å². The van der Waals surface area contributed by atoms with Crippen LogP contribution in [0.15, 0.2) is 0 Å². The van der Waals surface area contributed by atoms with Crippen molar-refractivity contribution in [3.05, 3.63) is 0 Å². The van der Waals surface area contributed by atoms with Crippen LogP contribution in [0, 0.1) is 5.41 Å². The van der Waals surface area contributed by atoms with Crippen LogP contribution in [0.2, 0.25) is 0 Å². The molecule has 0 aliphatic heterocycles. The monoisotopic (exact) mass is 214 g/mol. The van der Waals surface area contributed by atoms with Gasteiger partial charge >= 0.3 is 0 Å². The number of hydrogen-bond acceptors (Lipinski definition) is 3. The fourth-order valence-corrected chi connectivity index (χ4v) is 1.84. The first kappa shape index (κ1) is 12.9. The van der Waals surface area contributed by atoms with Crippen LogP contribution >= 0.6 is 0 Å². The molecule has 0 spiro atoms. The van der Waals surface area contributed by atoms with E-state index in [1.54, 1.807) is 7.11 Å². The van der Waals surface area contributed by atoms with Gasteiger partial charge in [0.1, 0.15) is 0 Å². The Balaban J connectivity index is 1.90. The Hall–Kier alpha value is -0.120. The third kappa shape index (κ3) is 5.50. The van der Waals surface area contributed by atoms with Gasteiger partial charge in [-0.1, -0.05) is 6.92 Å². The van der Waals surface area contributed by atoms with E-state index >= 15 is 0 Å². The Morgan fingerprint density at radius 3 is 2.47 bits per heavy atom. The van der Waals surface area contributed by atoms with Crippen LogP contribution in [-0.4, -0.2) is 39.9 Å². The third-order valence-corrected chi connectivity index (χ3v) is 3.20. The van der Waals surface area contributed by atoms with Crippen LogP contribution in [0.5, 0.6) is 0 Å². The molecule has 1 fully saturated rings. The molecule has 0 aromatic heterocycles. The van der Waals surface area contributed by atoms with E-state index in [-0.39, 0.29) is 0 Å². The Bertz CT molecular complexity index is 158. The molecule has 0 heterocycles. The third-order valence-electron chi connectivity index (χ3n) is 3.20. The van der Waals surface area contributed by atoms with Crippen molar-refractivity contribution in [1.82, 2.24) is 10.6 Å². The van der Waals surface area contributed by atoms with Crippen molar-refractivity contribution in [2.24, 2.45) is 5.41 Å². The standard InChI is InChI=1S/C12H26N2O/c1-3-7-13-8-9-14-11-12(4-5-12)6-10-15-2/h13-14H,3-11H2,1-2H3. The van der Waals surface area contributed by atoms with Gasteiger partial charge in [-0.15, -0.1) is 0 Å². The summed E-state index contributed by atoms with van der Waals surface area (Å²) in [4.78, 5) is 0. The van der Waals surface area contributed by atoms with Gasteiger partial charge in [0.15, 0.2) is 0 Å². The van der Waals surface area contributed by atoms with Crippen molar-refractivity contribution < 1.29 is 4.74 Å². The molecule has 1 rings (SSSR count). The van der Waals surface area contributed by atoms with E-state index in [4.69, 9.17) is 4.74 Å². The van der Waals surface area contributed by atoms with Crippen molar-refractivity contribution in [3.8, 4) is 0 Å². The van der Waals surface area contributed by atoms with E-state index < -0.39 is 0 Å². The average molecular weight is 214 g/mol. The summed E-state index contributed by atoms with van der Waals surface area (Å²) in [6, 6.07) is 0. The Kier molecular flexibility index (Phi) is 6.22. The largest absolute Gasteiger partial charge is 0.385 e. The molecule has 0 saturated heterocycles. The predicted molar refractivity (Wildman–Crippen MR) is 64.2 cm³/mol. The van der Waals surface area contributed by atoms with Crippen LogP contribution in [0.1, 0.15) is 32.6 Å². The molecule has 1 aliphatic carbocycles. The highest BCUT2D eigenvalue weighted by molar-refractivity contribution is 4.94. The normalized spacial score (nSPS) is 18.0. The van der Waals surface area contributed by atoms with E-state index in [1.165, 1.54) is 32.2 Å². The lowest BCUT2D eigenvalue weighted by Crippen LogP contribution is -2.32. The lowest BCUT2D eigenvalue weighted by atomic mass is 10.0. The summed E-state index contributed by atoms with van der Waals surface area (Å²) in [6.45, 7) is 7.60. The predicted octanol–water partition coefficient (Wildman–Crippen LogP) is 1.39. The zero-order chi connectivity index (χ0) is 11.0. The van der Waals surface area contributed by atoms with E-state index in [0.717, 1.165) is 26.2 Å². The zero-order valence-corrected chi connectivity index (χ0v) is 10.3. The molecule has 0 bridgehead atoms. The minimum Gasteiger partial charge on any atom is -0.385 e. The lowest BCUT2D eigenvalue weighted by molar-refractivity contribution is 0.171. The van der Waals surface area contributed by atoms with E-state index in [2.05, 4.69) is 17.6 Å². The number of rotatable bonds is 10. The average Bonchev–Trinajstić information content (AvgIpc) is 3.01. The van der Waals surface area contributed by atoms with Crippen LogP contribution in [-0.2, 0) is 4.74 Å². The smallest absolute Gasteiger partial charge is 0.0468 e. The molecule has 1 saturated carbocycles. The van der Waals surface area contributed by atoms with Gasteiger partial charge in [-0.05, 0) is 37.6 Å². The molecule has 15 heavy (non-hydrogen) atoms. The fraction of sp³-hybridized carbons (Fsp3) is 1.00. The molecule has 90 valence electrons. The second-order valence-electron chi connectivity index (χ2n) is 4.67. The molecule has 0 aromatic rings. The van der Waals surface area contributed by atoms with Crippen LogP contribution in [0.25, 0.3) is 0 Å². The fourth-order valence-electron chi connectivity index (χ4n) is 1.84. The quantitative estimate of drug-likeness (QED) is 0.539. The van der Waals surface area contributed by atoms with Gasteiger partial charge in [-0.2, -0.15) is 0 Å². The van der Waals surface area contributed by atoms with E-state index in [1.807, 2.05) is 0 Å². The van der Waals surface area contributed by atoms with Crippen molar-refractivity contribution in [3.63, 3.8) is 0 Å². The van der Waals surface area contributed by atoms with Gasteiger partial charge in [0.2, 0.25) is 0 Å². The van der Waals surface area contributed by atoms with Crippen molar-refractivity contribution in [1.29, 1.82) is 0 Å². The highest BCUT2D eigenvalue weighted by Crippen LogP contribution is 2.47. The maximum absolute atomic E-state index is 5.14. The molecule has 0 atom stereocenters. The minimum atomic E-state index is 0.584. The molecule has 1 aliphatic rings. The summed E-state index contributed by atoms with van der Waals surface area (Å²) >= 11 is 0. The van der Waals surface area contributed by atoms with Crippen LogP contribution in [0.4, 0.5) is 0 Å². The lowest BCUT2D eigenvalue weighted by Gasteiger charge is -2.15. The number of methoxy groups -OCH3 is 1. The molecule has 3 nitrogen and oxygen atoms in total. The molecular weight excluding hydrogens is 188 g/mol. The van der Waals surface area contributed by atoms with Crippen molar-refractivity contribution in [2.45, 2.75) is 32.6 Å². The molecule has 2 N–H and O–H groups in total. The maximum atomic E-state index is 5.14. The molecule has 0 amide bonds. The molecule has 0 aromatic carbocycles. The summed E-state index contributed by atoms with van der Waals surface area (Å²) in [7, 11) is 1.79. The van der Waals surface area contributed by atoms with Gasteiger partial charge < -0.3 is 15.4 Å². The second-order valence-corrected chi connectivity index (χ2v) is 4.67. The van der Waals surface area contributed by atoms with E-state index in [0.29, 0.717) is 5.41 Å². The Morgan fingerprint density at radius 1 is 1.13 bits per heavy atom. The number of ether oxygens (including phenoxy) is 1. The second kappa shape index (κ2) is 7.20. The van der Waals surface area contributed by atoms with Gasteiger partial charge in [0, 0.05) is 33.4 Å². The first-order valence-corrected chi connectivity index (χ1v) is 6.23. The van der Waals surface area contributed by atoms with Gasteiger partial charge in [0.25, 0.3) is 0 Å².